The molecule has 0 aliphatic rings. The van der Waals surface area contributed by atoms with Crippen molar-refractivity contribution in [2.45, 2.75) is 44.7 Å². The van der Waals surface area contributed by atoms with Crippen LogP contribution in [0, 0.1) is 6.92 Å². The molecule has 0 fully saturated rings. The lowest BCUT2D eigenvalue weighted by molar-refractivity contribution is -0.141. The number of hydrogen-bond donors (Lipinski definition) is 1. The number of nitrogens with one attached hydrogen (secondary N) is 1. The Hall–Kier alpha value is -2.71. The van der Waals surface area contributed by atoms with Gasteiger partial charge in [-0.15, -0.1) is 0 Å². The number of carbonyl (C=O) groups is 2. The molecular weight excluding hydrogens is 414 g/mol. The smallest absolute Gasteiger partial charge is 0.243 e. The highest BCUT2D eigenvalue weighted by atomic mass is 32.2. The Morgan fingerprint density at radius 3 is 2.16 bits per heavy atom. The molecule has 2 aromatic carbocycles. The topological polar surface area (TPSA) is 86.8 Å². The van der Waals surface area contributed by atoms with Crippen LogP contribution in [0.1, 0.15) is 31.4 Å². The van der Waals surface area contributed by atoms with Gasteiger partial charge in [-0.25, -0.2) is 8.42 Å². The zero-order chi connectivity index (χ0) is 23.0. The van der Waals surface area contributed by atoms with Gasteiger partial charge in [0.2, 0.25) is 21.8 Å². The summed E-state index contributed by atoms with van der Waals surface area (Å²) >= 11 is 0. The molecule has 7 nitrogen and oxygen atoms in total. The van der Waals surface area contributed by atoms with E-state index in [1.54, 1.807) is 12.1 Å². The number of benzene rings is 2. The normalized spacial score (nSPS) is 12.4. The molecule has 31 heavy (non-hydrogen) atoms. The third-order valence-corrected chi connectivity index (χ3v) is 6.84. The van der Waals surface area contributed by atoms with Crippen LogP contribution in [0.5, 0.6) is 0 Å². The number of aryl methyl sites for hydroxylation is 1. The molecule has 0 unspecified atom stereocenters. The summed E-state index contributed by atoms with van der Waals surface area (Å²) in [5, 5.41) is 2.77. The van der Waals surface area contributed by atoms with E-state index < -0.39 is 22.0 Å². The van der Waals surface area contributed by atoms with E-state index in [0.717, 1.165) is 15.4 Å². The maximum absolute atomic E-state index is 13.2. The SMILES string of the molecule is CCNC(=O)[C@@H](CC)N(Cc1ccccc1)C(=O)CN(C)S(=O)(=O)c1ccc(C)cc1. The number of carbonyl (C=O) groups excluding carboxylic acids is 2. The Labute approximate surface area is 185 Å². The van der Waals surface area contributed by atoms with Gasteiger partial charge in [0.1, 0.15) is 6.04 Å². The Kier molecular flexibility index (Phi) is 8.76. The average molecular weight is 446 g/mol. The quantitative estimate of drug-likeness (QED) is 0.609. The molecular formula is C23H31N3O4S. The lowest BCUT2D eigenvalue weighted by Crippen LogP contribution is -2.51. The zero-order valence-electron chi connectivity index (χ0n) is 18.5. The largest absolute Gasteiger partial charge is 0.355 e. The zero-order valence-corrected chi connectivity index (χ0v) is 19.4. The first-order valence-electron chi connectivity index (χ1n) is 10.3. The fourth-order valence-corrected chi connectivity index (χ4v) is 4.37. The van der Waals surface area contributed by atoms with E-state index in [1.807, 2.05) is 51.1 Å². The fourth-order valence-electron chi connectivity index (χ4n) is 3.25. The van der Waals surface area contributed by atoms with Crippen LogP contribution in [-0.2, 0) is 26.2 Å². The summed E-state index contributed by atoms with van der Waals surface area (Å²) in [5.41, 5.74) is 1.81. The van der Waals surface area contributed by atoms with Crippen LogP contribution in [0.25, 0.3) is 0 Å². The van der Waals surface area contributed by atoms with Gasteiger partial charge >= 0.3 is 0 Å². The molecule has 1 atom stereocenters. The summed E-state index contributed by atoms with van der Waals surface area (Å²) < 4.78 is 26.9. The summed E-state index contributed by atoms with van der Waals surface area (Å²) in [7, 11) is -2.46. The predicted molar refractivity (Wildman–Crippen MR) is 121 cm³/mol. The highest BCUT2D eigenvalue weighted by Crippen LogP contribution is 2.17. The molecule has 0 aliphatic heterocycles. The summed E-state index contributed by atoms with van der Waals surface area (Å²) in [6.45, 7) is 5.82. The molecule has 0 heterocycles. The van der Waals surface area contributed by atoms with Gasteiger partial charge in [-0.3, -0.25) is 9.59 Å². The molecule has 2 aromatic rings. The van der Waals surface area contributed by atoms with Crippen molar-refractivity contribution < 1.29 is 18.0 Å². The molecule has 0 saturated heterocycles. The van der Waals surface area contributed by atoms with Crippen molar-refractivity contribution in [1.29, 1.82) is 0 Å². The molecule has 2 amide bonds. The van der Waals surface area contributed by atoms with E-state index in [9.17, 15) is 18.0 Å². The van der Waals surface area contributed by atoms with E-state index in [4.69, 9.17) is 0 Å². The van der Waals surface area contributed by atoms with Crippen LogP contribution in [0.4, 0.5) is 0 Å². The second kappa shape index (κ2) is 11.1. The first kappa shape index (κ1) is 24.6. The summed E-state index contributed by atoms with van der Waals surface area (Å²) in [6, 6.07) is 15.1. The minimum Gasteiger partial charge on any atom is -0.355 e. The maximum Gasteiger partial charge on any atom is 0.243 e. The molecule has 0 aliphatic carbocycles. The lowest BCUT2D eigenvalue weighted by Gasteiger charge is -2.31. The van der Waals surface area contributed by atoms with Crippen LogP contribution in [-0.4, -0.2) is 55.6 Å². The highest BCUT2D eigenvalue weighted by molar-refractivity contribution is 7.89. The third-order valence-electron chi connectivity index (χ3n) is 5.02. The van der Waals surface area contributed by atoms with Crippen molar-refractivity contribution in [1.82, 2.24) is 14.5 Å². The van der Waals surface area contributed by atoms with Crippen LogP contribution in [0.2, 0.25) is 0 Å². The Balaban J connectivity index is 2.28. The number of likely N-dealkylation sites (N-methyl/N-ethyl adjacent to an activating group) is 2. The average Bonchev–Trinajstić information content (AvgIpc) is 2.74. The van der Waals surface area contributed by atoms with E-state index in [1.165, 1.54) is 24.1 Å². The summed E-state index contributed by atoms with van der Waals surface area (Å²) in [6.07, 6.45) is 0.416. The first-order chi connectivity index (χ1) is 14.7. The molecule has 0 radical (unpaired) electrons. The Morgan fingerprint density at radius 2 is 1.61 bits per heavy atom. The van der Waals surface area contributed by atoms with Crippen LogP contribution in [0.3, 0.4) is 0 Å². The van der Waals surface area contributed by atoms with Crippen LogP contribution < -0.4 is 5.32 Å². The molecule has 1 N–H and O–H groups in total. The van der Waals surface area contributed by atoms with E-state index in [2.05, 4.69) is 5.32 Å². The van der Waals surface area contributed by atoms with Gasteiger partial charge in [0.25, 0.3) is 0 Å². The van der Waals surface area contributed by atoms with Crippen molar-refractivity contribution >= 4 is 21.8 Å². The minimum absolute atomic E-state index is 0.124. The van der Waals surface area contributed by atoms with Crippen molar-refractivity contribution in [3.05, 3.63) is 65.7 Å². The molecule has 8 heteroatoms. The molecule has 0 bridgehead atoms. The van der Waals surface area contributed by atoms with Crippen LogP contribution in [0.15, 0.2) is 59.5 Å². The first-order valence-corrected chi connectivity index (χ1v) is 11.8. The monoisotopic (exact) mass is 445 g/mol. The number of amides is 2. The molecule has 2 rings (SSSR count). The number of nitrogens with zero attached hydrogens (tertiary/aromatic N) is 2. The van der Waals surface area contributed by atoms with Gasteiger partial charge in [0, 0.05) is 20.1 Å². The highest BCUT2D eigenvalue weighted by Gasteiger charge is 2.31. The second-order valence-electron chi connectivity index (χ2n) is 7.40. The fraction of sp³-hybridized carbons (Fsp3) is 0.391. The van der Waals surface area contributed by atoms with Crippen molar-refractivity contribution in [2.75, 3.05) is 20.1 Å². The van der Waals surface area contributed by atoms with Crippen molar-refractivity contribution in [2.24, 2.45) is 0 Å². The number of sulfonamides is 1. The number of rotatable bonds is 10. The lowest BCUT2D eigenvalue weighted by atomic mass is 10.1. The number of hydrogen-bond acceptors (Lipinski definition) is 4. The van der Waals surface area contributed by atoms with Crippen molar-refractivity contribution in [3.8, 4) is 0 Å². The van der Waals surface area contributed by atoms with Gasteiger partial charge < -0.3 is 10.2 Å². The Morgan fingerprint density at radius 1 is 1.00 bits per heavy atom. The van der Waals surface area contributed by atoms with Gasteiger partial charge in [-0.1, -0.05) is 55.0 Å². The predicted octanol–water partition coefficient (Wildman–Crippen LogP) is 2.56. The van der Waals surface area contributed by atoms with Crippen molar-refractivity contribution in [3.63, 3.8) is 0 Å². The second-order valence-corrected chi connectivity index (χ2v) is 9.44. The molecule has 168 valence electrons. The minimum atomic E-state index is -3.83. The van der Waals surface area contributed by atoms with Crippen LogP contribution >= 0.6 is 0 Å². The van der Waals surface area contributed by atoms with E-state index >= 15 is 0 Å². The summed E-state index contributed by atoms with van der Waals surface area (Å²) in [5.74, 6) is -0.682. The van der Waals surface area contributed by atoms with E-state index in [0.29, 0.717) is 13.0 Å². The molecule has 0 spiro atoms. The third kappa shape index (κ3) is 6.38. The Bertz CT molecular complexity index is 976. The van der Waals surface area contributed by atoms with Gasteiger partial charge in [-0.2, -0.15) is 4.31 Å². The summed E-state index contributed by atoms with van der Waals surface area (Å²) in [4.78, 5) is 27.4. The van der Waals surface area contributed by atoms with Gasteiger partial charge in [0.05, 0.1) is 11.4 Å². The van der Waals surface area contributed by atoms with E-state index in [-0.39, 0.29) is 23.9 Å². The van der Waals surface area contributed by atoms with Gasteiger partial charge in [0.15, 0.2) is 0 Å². The van der Waals surface area contributed by atoms with Gasteiger partial charge in [-0.05, 0) is 38.0 Å². The standard InChI is InChI=1S/C23H31N3O4S/c1-5-21(23(28)24-6-2)26(16-19-10-8-7-9-11-19)22(27)17-25(4)31(29,30)20-14-12-18(3)13-15-20/h7-15,21H,5-6,16-17H2,1-4H3,(H,24,28)/t21-/m1/s1. The molecule has 0 saturated carbocycles. The molecule has 0 aromatic heterocycles. The maximum atomic E-state index is 13.2.